The zero-order valence-electron chi connectivity index (χ0n) is 19.5. The van der Waals surface area contributed by atoms with Crippen LogP contribution in [0.15, 0.2) is 12.1 Å². The Labute approximate surface area is 173 Å². The van der Waals surface area contributed by atoms with E-state index in [-0.39, 0.29) is 16.7 Å². The topological polar surface area (TPSA) is 49.3 Å². The number of rotatable bonds is 9. The Hall–Kier alpha value is -1.51. The van der Waals surface area contributed by atoms with Crippen molar-refractivity contribution >= 4 is 5.91 Å². The van der Waals surface area contributed by atoms with Crippen molar-refractivity contribution < 1.29 is 9.90 Å². The molecule has 0 radical (unpaired) electrons. The average Bonchev–Trinajstić information content (AvgIpc) is 2.58. The Morgan fingerprint density at radius 3 is 2.00 bits per heavy atom. The van der Waals surface area contributed by atoms with Crippen LogP contribution in [0.4, 0.5) is 0 Å². The minimum absolute atomic E-state index is 0.123. The zero-order chi connectivity index (χ0) is 21.5. The number of amides is 1. The van der Waals surface area contributed by atoms with Crippen LogP contribution in [0.2, 0.25) is 0 Å². The van der Waals surface area contributed by atoms with Gasteiger partial charge in [-0.15, -0.1) is 0 Å². The standard InChI is InChI=1S/C25H43NO2/c1-9-11-12-18(10-2)17-26-22(27)14-13-19-15-20(24(3,4)5)23(28)21(16-19)25(6,7)8/h15-16,18,28H,9-14,17H2,1-8H3,(H,26,27). The van der Waals surface area contributed by atoms with Crippen LogP contribution in [-0.4, -0.2) is 17.6 Å². The lowest BCUT2D eigenvalue weighted by molar-refractivity contribution is -0.121. The van der Waals surface area contributed by atoms with Crippen LogP contribution >= 0.6 is 0 Å². The Bertz CT molecular complexity index is 600. The van der Waals surface area contributed by atoms with E-state index in [9.17, 15) is 9.90 Å². The average molecular weight is 390 g/mol. The third kappa shape index (κ3) is 7.48. The first-order valence-electron chi connectivity index (χ1n) is 11.0. The molecule has 3 heteroatoms. The molecule has 28 heavy (non-hydrogen) atoms. The van der Waals surface area contributed by atoms with Crippen molar-refractivity contribution in [3.8, 4) is 5.75 Å². The summed E-state index contributed by atoms with van der Waals surface area (Å²) >= 11 is 0. The number of benzene rings is 1. The van der Waals surface area contributed by atoms with Crippen molar-refractivity contribution in [1.82, 2.24) is 5.32 Å². The van der Waals surface area contributed by atoms with E-state index in [1.54, 1.807) is 0 Å². The number of phenols is 1. The molecule has 1 rings (SSSR count). The highest BCUT2D eigenvalue weighted by Gasteiger charge is 2.26. The lowest BCUT2D eigenvalue weighted by Gasteiger charge is -2.28. The van der Waals surface area contributed by atoms with Gasteiger partial charge in [0.1, 0.15) is 5.75 Å². The summed E-state index contributed by atoms with van der Waals surface area (Å²) in [7, 11) is 0. The van der Waals surface area contributed by atoms with Crippen LogP contribution in [0.25, 0.3) is 0 Å². The van der Waals surface area contributed by atoms with E-state index < -0.39 is 0 Å². The molecule has 2 N–H and O–H groups in total. The maximum atomic E-state index is 12.4. The summed E-state index contributed by atoms with van der Waals surface area (Å²) < 4.78 is 0. The van der Waals surface area contributed by atoms with Gasteiger partial charge in [-0.3, -0.25) is 4.79 Å². The molecule has 0 spiro atoms. The fourth-order valence-electron chi connectivity index (χ4n) is 3.53. The quantitative estimate of drug-likeness (QED) is 0.524. The van der Waals surface area contributed by atoms with Gasteiger partial charge in [-0.25, -0.2) is 0 Å². The van der Waals surface area contributed by atoms with Crippen molar-refractivity contribution in [3.63, 3.8) is 0 Å². The number of nitrogens with one attached hydrogen (secondary N) is 1. The van der Waals surface area contributed by atoms with Gasteiger partial charge in [-0.05, 0) is 46.3 Å². The third-order valence-corrected chi connectivity index (χ3v) is 5.56. The van der Waals surface area contributed by atoms with Crippen molar-refractivity contribution in [3.05, 3.63) is 28.8 Å². The summed E-state index contributed by atoms with van der Waals surface area (Å²) in [6.45, 7) is 17.9. The highest BCUT2D eigenvalue weighted by Crippen LogP contribution is 2.39. The molecule has 0 heterocycles. The largest absolute Gasteiger partial charge is 0.507 e. The predicted octanol–water partition coefficient (Wildman–Crippen LogP) is 6.25. The minimum atomic E-state index is -0.143. The Morgan fingerprint density at radius 2 is 1.57 bits per heavy atom. The molecule has 1 aromatic carbocycles. The van der Waals surface area contributed by atoms with Crippen LogP contribution in [0.3, 0.4) is 0 Å². The van der Waals surface area contributed by atoms with Crippen molar-refractivity contribution in [2.75, 3.05) is 6.54 Å². The second kappa shape index (κ2) is 10.3. The molecule has 0 fully saturated rings. The molecule has 1 amide bonds. The van der Waals surface area contributed by atoms with Crippen LogP contribution in [0, 0.1) is 5.92 Å². The number of aryl methyl sites for hydroxylation is 1. The van der Waals surface area contributed by atoms with Gasteiger partial charge < -0.3 is 10.4 Å². The maximum Gasteiger partial charge on any atom is 0.220 e. The molecule has 0 saturated heterocycles. The molecule has 1 aromatic rings. The second-order valence-corrected chi connectivity index (χ2v) is 10.3. The van der Waals surface area contributed by atoms with Gasteiger partial charge in [-0.2, -0.15) is 0 Å². The van der Waals surface area contributed by atoms with Gasteiger partial charge >= 0.3 is 0 Å². The number of hydrogen-bond donors (Lipinski definition) is 2. The summed E-state index contributed by atoms with van der Waals surface area (Å²) in [5.41, 5.74) is 2.76. The Morgan fingerprint density at radius 1 is 1.04 bits per heavy atom. The molecule has 1 unspecified atom stereocenters. The molecule has 0 aliphatic carbocycles. The second-order valence-electron chi connectivity index (χ2n) is 10.3. The number of hydrogen-bond acceptors (Lipinski definition) is 2. The molecular formula is C25H43NO2. The summed E-state index contributed by atoms with van der Waals surface area (Å²) in [5.74, 6) is 1.10. The number of carbonyl (C=O) groups is 1. The van der Waals surface area contributed by atoms with E-state index in [0.717, 1.165) is 29.7 Å². The predicted molar refractivity (Wildman–Crippen MR) is 120 cm³/mol. The molecule has 0 bridgehead atoms. The smallest absolute Gasteiger partial charge is 0.220 e. The van der Waals surface area contributed by atoms with Crippen LogP contribution in [0.1, 0.15) is 104 Å². The van der Waals surface area contributed by atoms with Gasteiger partial charge in [0.25, 0.3) is 0 Å². The highest BCUT2D eigenvalue weighted by atomic mass is 16.3. The maximum absolute atomic E-state index is 12.4. The van der Waals surface area contributed by atoms with Crippen molar-refractivity contribution in [1.29, 1.82) is 0 Å². The Balaban J connectivity index is 2.85. The summed E-state index contributed by atoms with van der Waals surface area (Å²) in [4.78, 5) is 12.4. The zero-order valence-corrected chi connectivity index (χ0v) is 19.5. The summed E-state index contributed by atoms with van der Waals surface area (Å²) in [5, 5.41) is 14.0. The fraction of sp³-hybridized carbons (Fsp3) is 0.720. The molecular weight excluding hydrogens is 346 g/mol. The number of aromatic hydroxyl groups is 1. The molecule has 0 aliphatic heterocycles. The summed E-state index contributed by atoms with van der Waals surface area (Å²) in [6.07, 6.45) is 5.92. The van der Waals surface area contributed by atoms with Gasteiger partial charge in [0, 0.05) is 13.0 Å². The molecule has 1 atom stereocenters. The third-order valence-electron chi connectivity index (χ3n) is 5.56. The number of unbranched alkanes of at least 4 members (excludes halogenated alkanes) is 1. The highest BCUT2D eigenvalue weighted by molar-refractivity contribution is 5.76. The van der Waals surface area contributed by atoms with Gasteiger partial charge in [0.2, 0.25) is 5.91 Å². The van der Waals surface area contributed by atoms with E-state index >= 15 is 0 Å². The summed E-state index contributed by atoms with van der Waals surface area (Å²) in [6, 6.07) is 4.15. The Kier molecular flexibility index (Phi) is 9.04. The van der Waals surface area contributed by atoms with E-state index in [4.69, 9.17) is 0 Å². The fourth-order valence-corrected chi connectivity index (χ4v) is 3.53. The van der Waals surface area contributed by atoms with Crippen LogP contribution < -0.4 is 5.32 Å². The van der Waals surface area contributed by atoms with Crippen LogP contribution in [-0.2, 0) is 22.0 Å². The molecule has 3 nitrogen and oxygen atoms in total. The first kappa shape index (κ1) is 24.5. The first-order chi connectivity index (χ1) is 12.9. The van der Waals surface area contributed by atoms with Crippen molar-refractivity contribution in [2.24, 2.45) is 5.92 Å². The lowest BCUT2D eigenvalue weighted by Crippen LogP contribution is -2.29. The first-order valence-corrected chi connectivity index (χ1v) is 11.0. The monoisotopic (exact) mass is 389 g/mol. The van der Waals surface area contributed by atoms with E-state index in [1.807, 2.05) is 0 Å². The number of carbonyl (C=O) groups excluding carboxylic acids is 1. The van der Waals surface area contributed by atoms with Gasteiger partial charge in [0.15, 0.2) is 0 Å². The minimum Gasteiger partial charge on any atom is -0.507 e. The number of phenolic OH excluding ortho intramolecular Hbond substituents is 1. The molecule has 0 aromatic heterocycles. The SMILES string of the molecule is CCCCC(CC)CNC(=O)CCc1cc(C(C)(C)C)c(O)c(C(C)(C)C)c1. The molecule has 160 valence electrons. The molecule has 0 aliphatic rings. The van der Waals surface area contributed by atoms with Gasteiger partial charge in [-0.1, -0.05) is 86.8 Å². The van der Waals surface area contributed by atoms with Crippen molar-refractivity contribution in [2.45, 2.75) is 105 Å². The van der Waals surface area contributed by atoms with Gasteiger partial charge in [0.05, 0.1) is 0 Å². The van der Waals surface area contributed by atoms with E-state index in [2.05, 4.69) is 72.8 Å². The van der Waals surface area contributed by atoms with E-state index in [1.165, 1.54) is 19.3 Å². The van der Waals surface area contributed by atoms with E-state index in [0.29, 0.717) is 24.5 Å². The normalized spacial score (nSPS) is 13.4. The molecule has 0 saturated carbocycles. The lowest BCUT2D eigenvalue weighted by atomic mass is 9.78. The van der Waals surface area contributed by atoms with Crippen LogP contribution in [0.5, 0.6) is 5.75 Å².